The highest BCUT2D eigenvalue weighted by Crippen LogP contribution is 2.43. The molecule has 0 bridgehead atoms. The Morgan fingerprint density at radius 2 is 1.80 bits per heavy atom. The molecule has 3 aliphatic rings. The van der Waals surface area contributed by atoms with Crippen molar-refractivity contribution >= 4 is 22.8 Å². The Kier molecular flexibility index (Phi) is 4.85. The highest BCUT2D eigenvalue weighted by Gasteiger charge is 2.51. The number of fused-ring (bicyclic) bond motifs is 1. The zero-order valence-electron chi connectivity index (χ0n) is 17.0. The summed E-state index contributed by atoms with van der Waals surface area (Å²) in [7, 11) is 0. The molecule has 1 spiro atoms. The molecule has 7 nitrogen and oxygen atoms in total. The van der Waals surface area contributed by atoms with Gasteiger partial charge in [0.05, 0.1) is 5.41 Å². The van der Waals surface area contributed by atoms with Crippen LogP contribution in [0.1, 0.15) is 42.5 Å². The maximum Gasteiger partial charge on any atom is 0.349 e. The first-order valence-corrected chi connectivity index (χ1v) is 10.8. The van der Waals surface area contributed by atoms with E-state index in [1.807, 2.05) is 12.1 Å². The van der Waals surface area contributed by atoms with Crippen LogP contribution in [0.3, 0.4) is 0 Å². The van der Waals surface area contributed by atoms with Crippen molar-refractivity contribution in [2.45, 2.75) is 38.2 Å². The lowest BCUT2D eigenvalue weighted by Crippen LogP contribution is -2.46. The number of piperidine rings is 1. The normalized spacial score (nSPS) is 23.9. The number of para-hydroxylation sites is 1. The van der Waals surface area contributed by atoms with Crippen molar-refractivity contribution in [3.05, 3.63) is 46.3 Å². The molecule has 158 valence electrons. The van der Waals surface area contributed by atoms with E-state index in [9.17, 15) is 14.4 Å². The van der Waals surface area contributed by atoms with Crippen LogP contribution >= 0.6 is 0 Å². The minimum atomic E-state index is -0.620. The Labute approximate surface area is 174 Å². The Balaban J connectivity index is 1.26. The lowest BCUT2D eigenvalue weighted by atomic mass is 9.76. The molecule has 5 rings (SSSR count). The minimum absolute atomic E-state index is 0.0468. The van der Waals surface area contributed by atoms with E-state index >= 15 is 0 Å². The van der Waals surface area contributed by atoms with Gasteiger partial charge < -0.3 is 14.1 Å². The number of carbonyl (C=O) groups excluding carboxylic acids is 2. The van der Waals surface area contributed by atoms with E-state index in [1.54, 1.807) is 23.1 Å². The van der Waals surface area contributed by atoms with Crippen molar-refractivity contribution in [1.82, 2.24) is 9.80 Å². The van der Waals surface area contributed by atoms with Gasteiger partial charge in [-0.1, -0.05) is 18.2 Å². The van der Waals surface area contributed by atoms with E-state index in [2.05, 4.69) is 4.90 Å². The van der Waals surface area contributed by atoms with Crippen LogP contribution in [-0.2, 0) is 9.53 Å². The van der Waals surface area contributed by atoms with Gasteiger partial charge in [-0.25, -0.2) is 4.79 Å². The fraction of sp³-hybridized carbons (Fsp3) is 0.522. The average molecular weight is 410 g/mol. The predicted octanol–water partition coefficient (Wildman–Crippen LogP) is 2.43. The first kappa shape index (κ1) is 19.3. The minimum Gasteiger partial charge on any atom is -0.461 e. The van der Waals surface area contributed by atoms with Gasteiger partial charge in [0.25, 0.3) is 5.91 Å². The number of carbonyl (C=O) groups is 2. The Bertz CT molecular complexity index is 1030. The Hall–Kier alpha value is -2.67. The third-order valence-electron chi connectivity index (χ3n) is 6.87. The van der Waals surface area contributed by atoms with Gasteiger partial charge in [0.15, 0.2) is 0 Å². The summed E-state index contributed by atoms with van der Waals surface area (Å²) in [5.41, 5.74) is -0.597. The number of rotatable bonds is 3. The van der Waals surface area contributed by atoms with Crippen LogP contribution in [0.4, 0.5) is 0 Å². The molecular weight excluding hydrogens is 384 g/mol. The summed E-state index contributed by atoms with van der Waals surface area (Å²) in [6, 6.07) is 8.75. The number of hydrogen-bond donors (Lipinski definition) is 0. The van der Waals surface area contributed by atoms with Crippen molar-refractivity contribution in [1.29, 1.82) is 0 Å². The first-order valence-electron chi connectivity index (χ1n) is 10.8. The van der Waals surface area contributed by atoms with Crippen LogP contribution in [-0.4, -0.2) is 60.5 Å². The van der Waals surface area contributed by atoms with Crippen LogP contribution in [0, 0.1) is 5.41 Å². The van der Waals surface area contributed by atoms with E-state index in [0.29, 0.717) is 31.5 Å². The summed E-state index contributed by atoms with van der Waals surface area (Å²) in [5, 5.41) is 0.720. The van der Waals surface area contributed by atoms with Crippen molar-refractivity contribution in [2.24, 2.45) is 5.41 Å². The van der Waals surface area contributed by atoms with Crippen LogP contribution in [0.15, 0.2) is 39.5 Å². The molecule has 1 unspecified atom stereocenters. The summed E-state index contributed by atoms with van der Waals surface area (Å²) in [6.45, 7) is 3.86. The summed E-state index contributed by atoms with van der Waals surface area (Å²) >= 11 is 0. The van der Waals surface area contributed by atoms with Gasteiger partial charge in [-0.05, 0) is 50.9 Å². The van der Waals surface area contributed by atoms with Gasteiger partial charge in [0.2, 0.25) is 0 Å². The molecule has 0 aliphatic carbocycles. The topological polar surface area (TPSA) is 80.1 Å². The number of esters is 1. The van der Waals surface area contributed by atoms with E-state index in [4.69, 9.17) is 9.15 Å². The molecule has 1 aromatic heterocycles. The second-order valence-corrected chi connectivity index (χ2v) is 8.80. The van der Waals surface area contributed by atoms with Crippen LogP contribution < -0.4 is 5.63 Å². The van der Waals surface area contributed by atoms with Gasteiger partial charge in [0, 0.05) is 31.4 Å². The Morgan fingerprint density at radius 3 is 2.57 bits per heavy atom. The lowest BCUT2D eigenvalue weighted by molar-refractivity contribution is -0.150. The number of likely N-dealkylation sites (tertiary alicyclic amines) is 2. The molecule has 0 saturated carbocycles. The number of ether oxygens (including phenoxy) is 1. The molecule has 3 aliphatic heterocycles. The standard InChI is InChI=1S/C23H26N2O5/c26-20(18-13-16-5-1-2-6-19(16)30-21(18)27)25-11-7-23(8-12-25)14-17(29-22(23)28)15-24-9-3-4-10-24/h1-2,5-6,13,17H,3-4,7-12,14-15H2. The molecular formula is C23H26N2O5. The van der Waals surface area contributed by atoms with Crippen molar-refractivity contribution in [3.63, 3.8) is 0 Å². The van der Waals surface area contributed by atoms with E-state index in [0.717, 1.165) is 31.4 Å². The van der Waals surface area contributed by atoms with Crippen molar-refractivity contribution < 1.29 is 18.7 Å². The van der Waals surface area contributed by atoms with Crippen molar-refractivity contribution in [3.8, 4) is 0 Å². The van der Waals surface area contributed by atoms with Gasteiger partial charge in [-0.3, -0.25) is 14.5 Å². The second kappa shape index (κ2) is 7.54. The first-order chi connectivity index (χ1) is 14.5. The molecule has 3 fully saturated rings. The van der Waals surface area contributed by atoms with Gasteiger partial charge in [-0.15, -0.1) is 0 Å². The van der Waals surface area contributed by atoms with E-state index < -0.39 is 11.0 Å². The molecule has 2 aromatic rings. The molecule has 30 heavy (non-hydrogen) atoms. The van der Waals surface area contributed by atoms with E-state index in [-0.39, 0.29) is 23.5 Å². The van der Waals surface area contributed by atoms with E-state index in [1.165, 1.54) is 12.8 Å². The molecule has 1 atom stereocenters. The SMILES string of the molecule is O=C(c1cc2ccccc2oc1=O)N1CCC2(CC1)CC(CN1CCCC1)OC2=O. The van der Waals surface area contributed by atoms with Crippen molar-refractivity contribution in [2.75, 3.05) is 32.7 Å². The smallest absolute Gasteiger partial charge is 0.349 e. The predicted molar refractivity (Wildman–Crippen MR) is 110 cm³/mol. The van der Waals surface area contributed by atoms with Gasteiger partial charge in [-0.2, -0.15) is 0 Å². The fourth-order valence-electron chi connectivity index (χ4n) is 5.12. The monoisotopic (exact) mass is 410 g/mol. The number of hydrogen-bond acceptors (Lipinski definition) is 6. The largest absolute Gasteiger partial charge is 0.461 e. The molecule has 0 N–H and O–H groups in total. The number of amides is 1. The fourth-order valence-corrected chi connectivity index (χ4v) is 5.12. The van der Waals surface area contributed by atoms with Gasteiger partial charge in [0.1, 0.15) is 17.3 Å². The highest BCUT2D eigenvalue weighted by atomic mass is 16.6. The summed E-state index contributed by atoms with van der Waals surface area (Å²) in [4.78, 5) is 42.0. The number of nitrogens with zero attached hydrogens (tertiary/aromatic N) is 2. The molecule has 4 heterocycles. The maximum atomic E-state index is 13.0. The summed E-state index contributed by atoms with van der Waals surface area (Å²) in [6.07, 6.45) is 4.25. The third-order valence-corrected chi connectivity index (χ3v) is 6.87. The number of benzene rings is 1. The molecule has 1 aromatic carbocycles. The zero-order valence-corrected chi connectivity index (χ0v) is 17.0. The molecule has 0 radical (unpaired) electrons. The summed E-state index contributed by atoms with van der Waals surface area (Å²) in [5.74, 6) is -0.451. The summed E-state index contributed by atoms with van der Waals surface area (Å²) < 4.78 is 11.0. The molecule has 3 saturated heterocycles. The van der Waals surface area contributed by atoms with Crippen LogP contribution in [0.5, 0.6) is 0 Å². The highest BCUT2D eigenvalue weighted by molar-refractivity contribution is 5.96. The lowest BCUT2D eigenvalue weighted by Gasteiger charge is -2.36. The van der Waals surface area contributed by atoms with Crippen LogP contribution in [0.2, 0.25) is 0 Å². The third kappa shape index (κ3) is 3.41. The maximum absolute atomic E-state index is 13.0. The van der Waals surface area contributed by atoms with Gasteiger partial charge >= 0.3 is 11.6 Å². The quantitative estimate of drug-likeness (QED) is 0.571. The average Bonchev–Trinajstić information content (AvgIpc) is 3.36. The second-order valence-electron chi connectivity index (χ2n) is 8.80. The van der Waals surface area contributed by atoms with Crippen LogP contribution in [0.25, 0.3) is 11.0 Å². The molecule has 1 amide bonds. The Morgan fingerprint density at radius 1 is 1.07 bits per heavy atom. The number of cyclic esters (lactones) is 1. The zero-order chi connectivity index (χ0) is 20.7. The molecule has 7 heteroatoms.